The molecule has 1 N–H and O–H groups in total. The number of carbonyl (C=O) groups excluding carboxylic acids is 2. The van der Waals surface area contributed by atoms with Crippen LogP contribution in [0.1, 0.15) is 48.2 Å². The standard InChI is InChI=1S/C25H29N3O4S2/c1-2-3-11-32-24(31)18-7-9-20(10-8-18)26-22(29)16-34-25(33)27-13-17-12-19(15-27)21-5-4-6-23(30)28(21)14-17/h4-10,17,19H,2-3,11-16H2,1H3,(H,26,29)/t17-,19+/m0/s1. The lowest BCUT2D eigenvalue weighted by Gasteiger charge is -2.43. The zero-order valence-electron chi connectivity index (χ0n) is 19.2. The SMILES string of the molecule is CCCCOC(=O)c1ccc(NC(=O)CSC(=S)N2C[C@@H]3C[C@H](C2)c2cccc(=O)n2C3)cc1. The van der Waals surface area contributed by atoms with Crippen molar-refractivity contribution in [1.29, 1.82) is 0 Å². The van der Waals surface area contributed by atoms with Gasteiger partial charge in [0, 0.05) is 43.0 Å². The number of ether oxygens (including phenoxy) is 1. The number of anilines is 1. The van der Waals surface area contributed by atoms with Crippen molar-refractivity contribution in [2.45, 2.75) is 38.6 Å². The molecular formula is C25H29N3O4S2. The molecule has 0 aliphatic carbocycles. The van der Waals surface area contributed by atoms with Crippen LogP contribution in [0.3, 0.4) is 0 Å². The van der Waals surface area contributed by atoms with E-state index < -0.39 is 0 Å². The van der Waals surface area contributed by atoms with E-state index in [1.54, 1.807) is 30.3 Å². The van der Waals surface area contributed by atoms with E-state index in [4.69, 9.17) is 17.0 Å². The van der Waals surface area contributed by atoms with E-state index in [0.717, 1.165) is 44.6 Å². The lowest BCUT2D eigenvalue weighted by molar-refractivity contribution is -0.113. The fraction of sp³-hybridized carbons (Fsp3) is 0.440. The number of piperidine rings is 1. The van der Waals surface area contributed by atoms with Gasteiger partial charge in [-0.05, 0) is 49.1 Å². The molecule has 1 aromatic heterocycles. The van der Waals surface area contributed by atoms with Crippen LogP contribution in [0, 0.1) is 5.92 Å². The molecule has 9 heteroatoms. The first-order chi connectivity index (χ1) is 16.4. The summed E-state index contributed by atoms with van der Waals surface area (Å²) in [7, 11) is 0. The van der Waals surface area contributed by atoms with E-state index in [2.05, 4.69) is 10.2 Å². The predicted octanol–water partition coefficient (Wildman–Crippen LogP) is 3.88. The van der Waals surface area contributed by atoms with Crippen molar-refractivity contribution in [3.8, 4) is 0 Å². The minimum Gasteiger partial charge on any atom is -0.462 e. The summed E-state index contributed by atoms with van der Waals surface area (Å²) in [6.45, 7) is 4.74. The first-order valence-electron chi connectivity index (χ1n) is 11.6. The minimum atomic E-state index is -0.356. The van der Waals surface area contributed by atoms with Gasteiger partial charge < -0.3 is 19.5 Å². The third-order valence-electron chi connectivity index (χ3n) is 6.20. The molecule has 2 aromatic rings. The van der Waals surface area contributed by atoms with Crippen molar-refractivity contribution in [1.82, 2.24) is 9.47 Å². The second-order valence-electron chi connectivity index (χ2n) is 8.77. The molecule has 1 fully saturated rings. The van der Waals surface area contributed by atoms with Gasteiger partial charge in [0.25, 0.3) is 5.56 Å². The molecule has 180 valence electrons. The number of fused-ring (bicyclic) bond motifs is 4. The first-order valence-corrected chi connectivity index (χ1v) is 13.0. The highest BCUT2D eigenvalue weighted by Gasteiger charge is 2.35. The van der Waals surface area contributed by atoms with E-state index in [9.17, 15) is 14.4 Å². The van der Waals surface area contributed by atoms with Crippen LogP contribution in [0.4, 0.5) is 5.69 Å². The van der Waals surface area contributed by atoms with E-state index in [-0.39, 0.29) is 29.1 Å². The molecule has 1 amide bonds. The Morgan fingerprint density at radius 2 is 1.94 bits per heavy atom. The van der Waals surface area contributed by atoms with Gasteiger partial charge in [-0.25, -0.2) is 4.79 Å². The number of thiocarbonyl (C=S) groups is 1. The molecule has 1 saturated heterocycles. The summed E-state index contributed by atoms with van der Waals surface area (Å²) in [6.07, 6.45) is 2.87. The number of aromatic nitrogens is 1. The third kappa shape index (κ3) is 5.88. The van der Waals surface area contributed by atoms with Gasteiger partial charge in [0.1, 0.15) is 4.32 Å². The maximum absolute atomic E-state index is 12.5. The highest BCUT2D eigenvalue weighted by molar-refractivity contribution is 8.23. The van der Waals surface area contributed by atoms with Crippen molar-refractivity contribution in [3.63, 3.8) is 0 Å². The van der Waals surface area contributed by atoms with Gasteiger partial charge in [-0.15, -0.1) is 0 Å². The number of likely N-dealkylation sites (tertiary alicyclic amines) is 1. The number of amides is 1. The summed E-state index contributed by atoms with van der Waals surface area (Å²) >= 11 is 6.99. The molecule has 0 spiro atoms. The van der Waals surface area contributed by atoms with Crippen molar-refractivity contribution in [2.75, 3.05) is 30.8 Å². The van der Waals surface area contributed by atoms with Crippen LogP contribution in [-0.4, -0.2) is 51.1 Å². The molecular weight excluding hydrogens is 470 g/mol. The monoisotopic (exact) mass is 499 g/mol. The van der Waals surface area contributed by atoms with Gasteiger partial charge in [0.05, 0.1) is 17.9 Å². The van der Waals surface area contributed by atoms with Crippen molar-refractivity contribution < 1.29 is 14.3 Å². The van der Waals surface area contributed by atoms with E-state index in [0.29, 0.717) is 28.1 Å². The van der Waals surface area contributed by atoms with Crippen LogP contribution in [0.5, 0.6) is 0 Å². The topological polar surface area (TPSA) is 80.6 Å². The normalized spacial score (nSPS) is 18.7. The quantitative estimate of drug-likeness (QED) is 0.352. The summed E-state index contributed by atoms with van der Waals surface area (Å²) < 4.78 is 7.81. The van der Waals surface area contributed by atoms with Gasteiger partial charge in [0.15, 0.2) is 0 Å². The van der Waals surface area contributed by atoms with Gasteiger partial charge >= 0.3 is 5.97 Å². The maximum atomic E-state index is 12.5. The average molecular weight is 500 g/mol. The Balaban J connectivity index is 1.26. The molecule has 2 aliphatic heterocycles. The number of hydrogen-bond acceptors (Lipinski definition) is 6. The molecule has 2 atom stereocenters. The van der Waals surface area contributed by atoms with E-state index in [1.807, 2.05) is 23.6 Å². The molecule has 4 rings (SSSR count). The zero-order valence-corrected chi connectivity index (χ0v) is 20.8. The lowest BCUT2D eigenvalue weighted by atomic mass is 9.83. The Labute approximate surface area is 208 Å². The number of rotatable bonds is 7. The molecule has 0 saturated carbocycles. The highest BCUT2D eigenvalue weighted by atomic mass is 32.2. The number of unbranched alkanes of at least 4 members (excludes halogenated alkanes) is 1. The molecule has 2 aliphatic rings. The van der Waals surface area contributed by atoms with Gasteiger partial charge in [-0.1, -0.05) is 43.4 Å². The largest absolute Gasteiger partial charge is 0.462 e. The number of esters is 1. The second-order valence-corrected chi connectivity index (χ2v) is 10.4. The second kappa shape index (κ2) is 11.2. The van der Waals surface area contributed by atoms with Crippen LogP contribution in [-0.2, 0) is 16.1 Å². The zero-order chi connectivity index (χ0) is 24.1. The minimum absolute atomic E-state index is 0.0655. The summed E-state index contributed by atoms with van der Waals surface area (Å²) in [6, 6.07) is 12.2. The fourth-order valence-electron chi connectivity index (χ4n) is 4.54. The number of carbonyl (C=O) groups is 2. The highest BCUT2D eigenvalue weighted by Crippen LogP contribution is 2.36. The van der Waals surface area contributed by atoms with Gasteiger partial charge in [0.2, 0.25) is 5.91 Å². The summed E-state index contributed by atoms with van der Waals surface area (Å²) in [4.78, 5) is 38.8. The van der Waals surface area contributed by atoms with Gasteiger partial charge in [-0.3, -0.25) is 9.59 Å². The van der Waals surface area contributed by atoms with E-state index in [1.165, 1.54) is 11.8 Å². The Kier molecular flexibility index (Phi) is 8.05. The Bertz CT molecular complexity index is 1120. The van der Waals surface area contributed by atoms with Crippen LogP contribution in [0.2, 0.25) is 0 Å². The molecule has 3 heterocycles. The van der Waals surface area contributed by atoms with Crippen molar-refractivity contribution in [3.05, 3.63) is 64.1 Å². The fourth-order valence-corrected chi connectivity index (χ4v) is 5.53. The van der Waals surface area contributed by atoms with Crippen LogP contribution in [0.15, 0.2) is 47.3 Å². The number of nitrogens with zero attached hydrogens (tertiary/aromatic N) is 2. The third-order valence-corrected chi connectivity index (χ3v) is 7.72. The van der Waals surface area contributed by atoms with Crippen LogP contribution >= 0.6 is 24.0 Å². The maximum Gasteiger partial charge on any atom is 0.338 e. The number of thioether (sulfide) groups is 1. The van der Waals surface area contributed by atoms with Gasteiger partial charge in [-0.2, -0.15) is 0 Å². The molecule has 0 radical (unpaired) electrons. The molecule has 34 heavy (non-hydrogen) atoms. The predicted molar refractivity (Wildman–Crippen MR) is 138 cm³/mol. The number of benzene rings is 1. The molecule has 7 nitrogen and oxygen atoms in total. The summed E-state index contributed by atoms with van der Waals surface area (Å²) in [5.74, 6) is 0.360. The first kappa shape index (κ1) is 24.5. The number of pyridine rings is 1. The van der Waals surface area contributed by atoms with Crippen molar-refractivity contribution >= 4 is 45.9 Å². The summed E-state index contributed by atoms with van der Waals surface area (Å²) in [5, 5.41) is 2.85. The van der Waals surface area contributed by atoms with Crippen molar-refractivity contribution in [2.24, 2.45) is 5.92 Å². The number of nitrogens with one attached hydrogen (secondary N) is 1. The lowest BCUT2D eigenvalue weighted by Crippen LogP contribution is -2.48. The number of hydrogen-bond donors (Lipinski definition) is 1. The Hall–Kier alpha value is -2.65. The molecule has 1 aromatic carbocycles. The van der Waals surface area contributed by atoms with E-state index >= 15 is 0 Å². The average Bonchev–Trinajstić information content (AvgIpc) is 2.83. The smallest absolute Gasteiger partial charge is 0.338 e. The summed E-state index contributed by atoms with van der Waals surface area (Å²) in [5.41, 5.74) is 2.23. The van der Waals surface area contributed by atoms with Crippen LogP contribution < -0.4 is 10.9 Å². The van der Waals surface area contributed by atoms with Crippen LogP contribution in [0.25, 0.3) is 0 Å². The Morgan fingerprint density at radius 3 is 2.71 bits per heavy atom. The molecule has 0 unspecified atom stereocenters. The Morgan fingerprint density at radius 1 is 1.15 bits per heavy atom. The molecule has 2 bridgehead atoms.